The summed E-state index contributed by atoms with van der Waals surface area (Å²) in [6.07, 6.45) is 3.90. The molecule has 0 spiro atoms. The molecule has 1 saturated heterocycles. The highest BCUT2D eigenvalue weighted by Crippen LogP contribution is 2.24. The summed E-state index contributed by atoms with van der Waals surface area (Å²) in [6.45, 7) is 3.34. The number of hydrogen-bond donors (Lipinski definition) is 3. The van der Waals surface area contributed by atoms with Gasteiger partial charge < -0.3 is 10.2 Å². The maximum atomic E-state index is 12.3. The van der Waals surface area contributed by atoms with Crippen molar-refractivity contribution >= 4 is 29.2 Å². The van der Waals surface area contributed by atoms with Gasteiger partial charge in [0.2, 0.25) is 5.91 Å². The van der Waals surface area contributed by atoms with E-state index in [0.29, 0.717) is 36.1 Å². The zero-order valence-electron chi connectivity index (χ0n) is 13.8. The molecule has 1 heterocycles. The first-order valence-corrected chi connectivity index (χ1v) is 8.62. The topological polar surface area (TPSA) is 81.7 Å². The Hall–Kier alpha value is -1.79. The maximum Gasteiger partial charge on any atom is 0.321 e. The van der Waals surface area contributed by atoms with E-state index in [-0.39, 0.29) is 11.9 Å². The molecule has 0 aromatic heterocycles. The lowest BCUT2D eigenvalue weighted by Gasteiger charge is -2.32. The molecule has 1 aliphatic heterocycles. The molecule has 3 amide bonds. The van der Waals surface area contributed by atoms with Crippen LogP contribution in [-0.2, 0) is 4.79 Å². The van der Waals surface area contributed by atoms with E-state index in [9.17, 15) is 9.59 Å². The van der Waals surface area contributed by atoms with Crippen LogP contribution in [-0.4, -0.2) is 35.1 Å². The molecule has 0 aliphatic carbocycles. The SMILES string of the molecule is Cc1ccc(NC(=O)N2CCC(CCCC(=O)NO)CC2)cc1Cl. The molecule has 0 radical (unpaired) electrons. The number of rotatable bonds is 5. The van der Waals surface area contributed by atoms with Crippen molar-refractivity contribution in [3.8, 4) is 0 Å². The lowest BCUT2D eigenvalue weighted by Crippen LogP contribution is -2.41. The predicted octanol–water partition coefficient (Wildman–Crippen LogP) is 3.57. The van der Waals surface area contributed by atoms with Crippen LogP contribution in [0.25, 0.3) is 0 Å². The van der Waals surface area contributed by atoms with Crippen LogP contribution in [0.2, 0.25) is 5.02 Å². The summed E-state index contributed by atoms with van der Waals surface area (Å²) in [5, 5.41) is 12.0. The number of urea groups is 1. The van der Waals surface area contributed by atoms with E-state index in [4.69, 9.17) is 16.8 Å². The number of likely N-dealkylation sites (tertiary alicyclic amines) is 1. The fourth-order valence-corrected chi connectivity index (χ4v) is 3.09. The molecule has 1 aromatic carbocycles. The van der Waals surface area contributed by atoms with E-state index in [0.717, 1.165) is 31.2 Å². The third-order valence-corrected chi connectivity index (χ3v) is 4.87. The van der Waals surface area contributed by atoms with Gasteiger partial charge in [0, 0.05) is 30.2 Å². The van der Waals surface area contributed by atoms with Gasteiger partial charge in [-0.05, 0) is 56.2 Å². The van der Waals surface area contributed by atoms with E-state index >= 15 is 0 Å². The summed E-state index contributed by atoms with van der Waals surface area (Å²) in [7, 11) is 0. The zero-order valence-corrected chi connectivity index (χ0v) is 14.6. The van der Waals surface area contributed by atoms with Crippen molar-refractivity contribution in [1.82, 2.24) is 10.4 Å². The molecule has 1 fully saturated rings. The van der Waals surface area contributed by atoms with Gasteiger partial charge in [-0.15, -0.1) is 0 Å². The van der Waals surface area contributed by atoms with E-state index in [1.807, 2.05) is 24.0 Å². The minimum atomic E-state index is -0.344. The van der Waals surface area contributed by atoms with Gasteiger partial charge in [0.15, 0.2) is 0 Å². The second-order valence-corrected chi connectivity index (χ2v) is 6.66. The summed E-state index contributed by atoms with van der Waals surface area (Å²) in [5.41, 5.74) is 3.32. The summed E-state index contributed by atoms with van der Waals surface area (Å²) >= 11 is 6.07. The number of nitrogens with zero attached hydrogens (tertiary/aromatic N) is 1. The molecule has 0 atom stereocenters. The number of nitrogens with one attached hydrogen (secondary N) is 2. The summed E-state index contributed by atoms with van der Waals surface area (Å²) < 4.78 is 0. The van der Waals surface area contributed by atoms with Crippen LogP contribution < -0.4 is 10.8 Å². The third-order valence-electron chi connectivity index (χ3n) is 4.47. The van der Waals surface area contributed by atoms with Gasteiger partial charge in [-0.3, -0.25) is 10.0 Å². The van der Waals surface area contributed by atoms with Crippen LogP contribution in [0.3, 0.4) is 0 Å². The number of piperidine rings is 1. The molecule has 132 valence electrons. The smallest absolute Gasteiger partial charge is 0.321 e. The number of halogens is 1. The minimum absolute atomic E-state index is 0.104. The fourth-order valence-electron chi connectivity index (χ4n) is 2.91. The Bertz CT molecular complexity index is 586. The number of carbonyl (C=O) groups is 2. The van der Waals surface area contributed by atoms with Crippen LogP contribution in [0.1, 0.15) is 37.7 Å². The van der Waals surface area contributed by atoms with Crippen molar-refractivity contribution in [1.29, 1.82) is 0 Å². The third kappa shape index (κ3) is 5.39. The molecular formula is C17H24ClN3O3. The molecule has 2 rings (SSSR count). The van der Waals surface area contributed by atoms with Crippen molar-refractivity contribution in [3.63, 3.8) is 0 Å². The molecule has 24 heavy (non-hydrogen) atoms. The van der Waals surface area contributed by atoms with Crippen LogP contribution in [0, 0.1) is 12.8 Å². The molecule has 0 bridgehead atoms. The number of aryl methyl sites for hydroxylation is 1. The summed E-state index contributed by atoms with van der Waals surface area (Å²) in [5.74, 6) is 0.179. The first-order chi connectivity index (χ1) is 11.5. The number of hydrogen-bond acceptors (Lipinski definition) is 3. The largest absolute Gasteiger partial charge is 0.325 e. The first-order valence-electron chi connectivity index (χ1n) is 8.24. The monoisotopic (exact) mass is 353 g/mol. The van der Waals surface area contributed by atoms with Crippen LogP contribution in [0.5, 0.6) is 0 Å². The predicted molar refractivity (Wildman–Crippen MR) is 93.3 cm³/mol. The summed E-state index contributed by atoms with van der Waals surface area (Å²) in [4.78, 5) is 25.1. The number of amides is 3. The van der Waals surface area contributed by atoms with Gasteiger partial charge >= 0.3 is 6.03 Å². The molecule has 0 saturated carbocycles. The highest BCUT2D eigenvalue weighted by Gasteiger charge is 2.22. The lowest BCUT2D eigenvalue weighted by atomic mass is 9.91. The zero-order chi connectivity index (χ0) is 17.5. The number of carbonyl (C=O) groups excluding carboxylic acids is 2. The Kier molecular flexibility index (Phi) is 6.87. The number of hydroxylamine groups is 1. The van der Waals surface area contributed by atoms with E-state index < -0.39 is 0 Å². The van der Waals surface area contributed by atoms with Gasteiger partial charge in [0.25, 0.3) is 0 Å². The van der Waals surface area contributed by atoms with Crippen molar-refractivity contribution in [2.24, 2.45) is 5.92 Å². The van der Waals surface area contributed by atoms with Crippen LogP contribution >= 0.6 is 11.6 Å². The van der Waals surface area contributed by atoms with Gasteiger partial charge in [0.1, 0.15) is 0 Å². The Morgan fingerprint density at radius 2 is 2.04 bits per heavy atom. The maximum absolute atomic E-state index is 12.3. The fraction of sp³-hybridized carbons (Fsp3) is 0.529. The average Bonchev–Trinajstić information content (AvgIpc) is 2.58. The average molecular weight is 354 g/mol. The van der Waals surface area contributed by atoms with Crippen molar-refractivity contribution < 1.29 is 14.8 Å². The van der Waals surface area contributed by atoms with Gasteiger partial charge in [-0.1, -0.05) is 17.7 Å². The Morgan fingerprint density at radius 3 is 2.67 bits per heavy atom. The quantitative estimate of drug-likeness (QED) is 0.559. The van der Waals surface area contributed by atoms with Crippen LogP contribution in [0.15, 0.2) is 18.2 Å². The molecule has 7 heteroatoms. The molecule has 1 aromatic rings. The van der Waals surface area contributed by atoms with Crippen molar-refractivity contribution in [2.75, 3.05) is 18.4 Å². The van der Waals surface area contributed by atoms with E-state index in [1.165, 1.54) is 0 Å². The Balaban J connectivity index is 1.74. The van der Waals surface area contributed by atoms with Gasteiger partial charge in [0.05, 0.1) is 0 Å². The molecule has 3 N–H and O–H groups in total. The second-order valence-electron chi connectivity index (χ2n) is 6.25. The molecule has 1 aliphatic rings. The molecular weight excluding hydrogens is 330 g/mol. The van der Waals surface area contributed by atoms with E-state index in [1.54, 1.807) is 11.5 Å². The molecule has 6 nitrogen and oxygen atoms in total. The second kappa shape index (κ2) is 8.89. The standard InChI is InChI=1S/C17H24ClN3O3/c1-12-5-6-14(11-15(12)18)19-17(23)21-9-7-13(8-10-21)3-2-4-16(22)20-24/h5-6,11,13,24H,2-4,7-10H2,1H3,(H,19,23)(H,20,22). The minimum Gasteiger partial charge on any atom is -0.325 e. The highest BCUT2D eigenvalue weighted by molar-refractivity contribution is 6.31. The van der Waals surface area contributed by atoms with Crippen LogP contribution in [0.4, 0.5) is 10.5 Å². The normalized spacial score (nSPS) is 15.2. The summed E-state index contributed by atoms with van der Waals surface area (Å²) in [6, 6.07) is 5.38. The van der Waals surface area contributed by atoms with Gasteiger partial charge in [-0.2, -0.15) is 0 Å². The number of benzene rings is 1. The Labute approximate surface area is 147 Å². The Morgan fingerprint density at radius 1 is 1.33 bits per heavy atom. The van der Waals surface area contributed by atoms with Crippen molar-refractivity contribution in [3.05, 3.63) is 28.8 Å². The molecule has 0 unspecified atom stereocenters. The highest BCUT2D eigenvalue weighted by atomic mass is 35.5. The van der Waals surface area contributed by atoms with E-state index in [2.05, 4.69) is 5.32 Å². The lowest BCUT2D eigenvalue weighted by molar-refractivity contribution is -0.129. The van der Waals surface area contributed by atoms with Crippen molar-refractivity contribution in [2.45, 2.75) is 39.0 Å². The first kappa shape index (κ1) is 18.5. The van der Waals surface area contributed by atoms with Gasteiger partial charge in [-0.25, -0.2) is 10.3 Å². The number of anilines is 1.